The van der Waals surface area contributed by atoms with E-state index in [0.29, 0.717) is 29.5 Å². The molecule has 0 aliphatic heterocycles. The van der Waals surface area contributed by atoms with Gasteiger partial charge in [0.15, 0.2) is 5.69 Å². The lowest BCUT2D eigenvalue weighted by Gasteiger charge is -2.09. The van der Waals surface area contributed by atoms with Crippen molar-refractivity contribution in [2.75, 3.05) is 20.3 Å². The van der Waals surface area contributed by atoms with Gasteiger partial charge in [0, 0.05) is 35.5 Å². The van der Waals surface area contributed by atoms with E-state index in [-0.39, 0.29) is 18.0 Å². The molecular formula is C17H17N3O5. The number of aromatic amines is 1. The molecular weight excluding hydrogens is 326 g/mol. The molecule has 8 heteroatoms. The van der Waals surface area contributed by atoms with Gasteiger partial charge >= 0.3 is 5.97 Å². The number of hydrogen-bond acceptors (Lipinski definition) is 6. The maximum absolute atomic E-state index is 12.3. The zero-order valence-electron chi connectivity index (χ0n) is 13.9. The number of nitrogens with one attached hydrogen (secondary N) is 1. The Morgan fingerprint density at radius 3 is 2.84 bits per heavy atom. The fourth-order valence-electron chi connectivity index (χ4n) is 2.88. The van der Waals surface area contributed by atoms with E-state index < -0.39 is 10.9 Å². The highest BCUT2D eigenvalue weighted by molar-refractivity contribution is 6.11. The number of carbonyl (C=O) groups is 1. The van der Waals surface area contributed by atoms with Crippen molar-refractivity contribution in [1.29, 1.82) is 0 Å². The minimum absolute atomic E-state index is 0.0133. The molecule has 0 aliphatic carbocycles. The molecule has 0 spiro atoms. The van der Waals surface area contributed by atoms with Crippen LogP contribution in [-0.2, 0) is 15.9 Å². The van der Waals surface area contributed by atoms with Crippen LogP contribution in [0.4, 0.5) is 5.69 Å². The standard InChI is InChI=1S/C17H17N3O5/c1-3-25-17(21)16-11(6-7-24-2)15-12-8-10(20(22)23)4-5-13(12)19-14(15)9-18-16/h4-5,8-9,19H,3,6-7H2,1-2H3. The SMILES string of the molecule is CCOC(=O)c1ncc2[nH]c3ccc([N+](=O)[O-])cc3c2c1CCOC. The third-order valence-electron chi connectivity index (χ3n) is 3.96. The van der Waals surface area contributed by atoms with E-state index in [0.717, 1.165) is 10.9 Å². The molecule has 0 aliphatic rings. The largest absolute Gasteiger partial charge is 0.461 e. The maximum atomic E-state index is 12.3. The van der Waals surface area contributed by atoms with Gasteiger partial charge in [-0.3, -0.25) is 10.1 Å². The molecule has 0 bridgehead atoms. The molecule has 130 valence electrons. The van der Waals surface area contributed by atoms with Gasteiger partial charge in [0.1, 0.15) is 0 Å². The fraction of sp³-hybridized carbons (Fsp3) is 0.294. The van der Waals surface area contributed by atoms with Gasteiger partial charge in [0.25, 0.3) is 5.69 Å². The second-order valence-corrected chi connectivity index (χ2v) is 5.45. The molecule has 1 N–H and O–H groups in total. The predicted molar refractivity (Wildman–Crippen MR) is 91.8 cm³/mol. The van der Waals surface area contributed by atoms with Gasteiger partial charge < -0.3 is 14.5 Å². The number of rotatable bonds is 6. The first-order chi connectivity index (χ1) is 12.1. The third-order valence-corrected chi connectivity index (χ3v) is 3.96. The van der Waals surface area contributed by atoms with Crippen molar-refractivity contribution in [3.05, 3.63) is 45.8 Å². The van der Waals surface area contributed by atoms with Crippen LogP contribution in [0.5, 0.6) is 0 Å². The maximum Gasteiger partial charge on any atom is 0.357 e. The number of pyridine rings is 1. The van der Waals surface area contributed by atoms with Crippen molar-refractivity contribution in [3.63, 3.8) is 0 Å². The van der Waals surface area contributed by atoms with Gasteiger partial charge in [0.2, 0.25) is 0 Å². The highest BCUT2D eigenvalue weighted by atomic mass is 16.6. The summed E-state index contributed by atoms with van der Waals surface area (Å²) in [7, 11) is 1.57. The van der Waals surface area contributed by atoms with Crippen molar-refractivity contribution in [2.24, 2.45) is 0 Å². The molecule has 2 aromatic heterocycles. The Balaban J connectivity index is 2.31. The normalized spacial score (nSPS) is 11.1. The lowest BCUT2D eigenvalue weighted by Crippen LogP contribution is -2.12. The van der Waals surface area contributed by atoms with Crippen LogP contribution in [0, 0.1) is 10.1 Å². The van der Waals surface area contributed by atoms with Crippen molar-refractivity contribution >= 4 is 33.5 Å². The minimum atomic E-state index is -0.518. The smallest absolute Gasteiger partial charge is 0.357 e. The number of hydrogen-bond donors (Lipinski definition) is 1. The quantitative estimate of drug-likeness (QED) is 0.419. The lowest BCUT2D eigenvalue weighted by atomic mass is 10.0. The molecule has 3 aromatic rings. The predicted octanol–water partition coefficient (Wildman–Crippen LogP) is 2.99. The molecule has 25 heavy (non-hydrogen) atoms. The first-order valence-electron chi connectivity index (χ1n) is 7.80. The number of non-ortho nitro benzene ring substituents is 1. The summed E-state index contributed by atoms with van der Waals surface area (Å²) in [6.45, 7) is 2.34. The zero-order valence-corrected chi connectivity index (χ0v) is 13.9. The highest BCUT2D eigenvalue weighted by Gasteiger charge is 2.21. The zero-order chi connectivity index (χ0) is 18.0. The summed E-state index contributed by atoms with van der Waals surface area (Å²) in [4.78, 5) is 30.3. The van der Waals surface area contributed by atoms with Gasteiger partial charge in [0.05, 0.1) is 29.9 Å². The van der Waals surface area contributed by atoms with Crippen molar-refractivity contribution < 1.29 is 19.2 Å². The van der Waals surface area contributed by atoms with Gasteiger partial charge in [-0.2, -0.15) is 0 Å². The Morgan fingerprint density at radius 2 is 2.16 bits per heavy atom. The Morgan fingerprint density at radius 1 is 1.36 bits per heavy atom. The third kappa shape index (κ3) is 3.03. The second-order valence-electron chi connectivity index (χ2n) is 5.45. The molecule has 0 saturated carbocycles. The van der Waals surface area contributed by atoms with Crippen LogP contribution in [0.2, 0.25) is 0 Å². The van der Waals surface area contributed by atoms with E-state index in [1.54, 1.807) is 26.3 Å². The highest BCUT2D eigenvalue weighted by Crippen LogP contribution is 2.32. The molecule has 8 nitrogen and oxygen atoms in total. The summed E-state index contributed by atoms with van der Waals surface area (Å²) < 4.78 is 10.2. The van der Waals surface area contributed by atoms with Crippen molar-refractivity contribution in [2.45, 2.75) is 13.3 Å². The first-order valence-corrected chi connectivity index (χ1v) is 7.80. The second kappa shape index (κ2) is 6.86. The molecule has 0 radical (unpaired) electrons. The number of nitrogens with zero attached hydrogens (tertiary/aromatic N) is 2. The molecule has 0 atom stereocenters. The Kier molecular flexibility index (Phi) is 4.62. The number of methoxy groups -OCH3 is 1. The Hall–Kier alpha value is -3.00. The molecule has 0 amide bonds. The summed E-state index contributed by atoms with van der Waals surface area (Å²) in [5, 5.41) is 12.5. The van der Waals surface area contributed by atoms with E-state index in [2.05, 4.69) is 9.97 Å². The van der Waals surface area contributed by atoms with Gasteiger partial charge in [-0.25, -0.2) is 9.78 Å². The van der Waals surface area contributed by atoms with Crippen LogP contribution in [-0.4, -0.2) is 41.2 Å². The Bertz CT molecular complexity index is 964. The van der Waals surface area contributed by atoms with Gasteiger partial charge in [-0.1, -0.05) is 0 Å². The van der Waals surface area contributed by atoms with Crippen LogP contribution < -0.4 is 0 Å². The lowest BCUT2D eigenvalue weighted by molar-refractivity contribution is -0.384. The van der Waals surface area contributed by atoms with Crippen LogP contribution in [0.15, 0.2) is 24.4 Å². The number of esters is 1. The molecule has 0 saturated heterocycles. The first kappa shape index (κ1) is 16.8. The fourth-order valence-corrected chi connectivity index (χ4v) is 2.88. The molecule has 3 rings (SSSR count). The molecule has 0 fully saturated rings. The summed E-state index contributed by atoms with van der Waals surface area (Å²) in [6, 6.07) is 4.59. The van der Waals surface area contributed by atoms with E-state index in [1.807, 2.05) is 0 Å². The number of nitro benzene ring substituents is 1. The van der Waals surface area contributed by atoms with E-state index in [1.165, 1.54) is 12.1 Å². The number of H-pyrrole nitrogens is 1. The Labute approximate surface area is 142 Å². The number of aromatic nitrogens is 2. The van der Waals surface area contributed by atoms with Crippen LogP contribution in [0.25, 0.3) is 21.8 Å². The van der Waals surface area contributed by atoms with Crippen LogP contribution in [0.1, 0.15) is 23.0 Å². The number of nitro groups is 1. The minimum Gasteiger partial charge on any atom is -0.461 e. The summed E-state index contributed by atoms with van der Waals surface area (Å²) >= 11 is 0. The molecule has 1 aromatic carbocycles. The molecule has 0 unspecified atom stereocenters. The molecule has 2 heterocycles. The van der Waals surface area contributed by atoms with Gasteiger partial charge in [-0.05, 0) is 25.0 Å². The van der Waals surface area contributed by atoms with E-state index >= 15 is 0 Å². The summed E-state index contributed by atoms with van der Waals surface area (Å²) in [6.07, 6.45) is 1.98. The van der Waals surface area contributed by atoms with Crippen molar-refractivity contribution in [1.82, 2.24) is 9.97 Å². The average Bonchev–Trinajstić information content (AvgIpc) is 2.97. The number of ether oxygens (including phenoxy) is 2. The number of carbonyl (C=O) groups excluding carboxylic acids is 1. The number of fused-ring (bicyclic) bond motifs is 3. The van der Waals surface area contributed by atoms with Crippen LogP contribution in [0.3, 0.4) is 0 Å². The van der Waals surface area contributed by atoms with Gasteiger partial charge in [-0.15, -0.1) is 0 Å². The van der Waals surface area contributed by atoms with Crippen molar-refractivity contribution in [3.8, 4) is 0 Å². The topological polar surface area (TPSA) is 107 Å². The van der Waals surface area contributed by atoms with Crippen LogP contribution >= 0.6 is 0 Å². The average molecular weight is 343 g/mol. The van der Waals surface area contributed by atoms with E-state index in [9.17, 15) is 14.9 Å². The summed E-state index contributed by atoms with van der Waals surface area (Å²) in [5.41, 5.74) is 2.29. The monoisotopic (exact) mass is 343 g/mol. The number of benzene rings is 1. The van der Waals surface area contributed by atoms with E-state index in [4.69, 9.17) is 9.47 Å². The summed E-state index contributed by atoms with van der Waals surface area (Å²) in [5.74, 6) is -0.518.